The summed E-state index contributed by atoms with van der Waals surface area (Å²) < 4.78 is 1.78. The van der Waals surface area contributed by atoms with Crippen LogP contribution in [0.1, 0.15) is 24.2 Å². The van der Waals surface area contributed by atoms with E-state index >= 15 is 0 Å². The van der Waals surface area contributed by atoms with Gasteiger partial charge in [-0.2, -0.15) is 0 Å². The molecule has 1 atom stereocenters. The summed E-state index contributed by atoms with van der Waals surface area (Å²) in [4.78, 5) is 16.2. The van der Waals surface area contributed by atoms with Crippen molar-refractivity contribution >= 4 is 29.3 Å². The summed E-state index contributed by atoms with van der Waals surface area (Å²) in [7, 11) is 1.81. The van der Waals surface area contributed by atoms with Gasteiger partial charge in [-0.3, -0.25) is 4.79 Å². The smallest absolute Gasteiger partial charge is 0.230 e. The first kappa shape index (κ1) is 16.9. The molecule has 2 rings (SSSR count). The number of rotatable bonds is 6. The highest BCUT2D eigenvalue weighted by molar-refractivity contribution is 7.99. The Labute approximate surface area is 138 Å². The van der Waals surface area contributed by atoms with Crippen LogP contribution in [0.5, 0.6) is 0 Å². The molecule has 0 saturated heterocycles. The lowest BCUT2D eigenvalue weighted by molar-refractivity contribution is -0.119. The molecule has 0 aliphatic carbocycles. The fourth-order valence-electron chi connectivity index (χ4n) is 1.95. The van der Waals surface area contributed by atoms with E-state index in [-0.39, 0.29) is 24.3 Å². The molecule has 0 bridgehead atoms. The normalized spacial score (nSPS) is 12.2. The summed E-state index contributed by atoms with van der Waals surface area (Å²) in [5.41, 5.74) is 1.72. The van der Waals surface area contributed by atoms with Crippen molar-refractivity contribution in [2.45, 2.75) is 24.7 Å². The number of hydrogen-bond acceptors (Lipinski definition) is 4. The van der Waals surface area contributed by atoms with E-state index in [9.17, 15) is 4.79 Å². The largest absolute Gasteiger partial charge is 0.390 e. The molecule has 1 heterocycles. The molecule has 22 heavy (non-hydrogen) atoms. The van der Waals surface area contributed by atoms with Gasteiger partial charge in [-0.25, -0.2) is 4.98 Å². The van der Waals surface area contributed by atoms with Crippen LogP contribution in [-0.2, 0) is 18.4 Å². The van der Waals surface area contributed by atoms with Crippen LogP contribution < -0.4 is 5.32 Å². The lowest BCUT2D eigenvalue weighted by atomic mass is 10.1. The molecule has 1 aromatic heterocycles. The van der Waals surface area contributed by atoms with Crippen LogP contribution in [-0.4, -0.2) is 26.3 Å². The number of amides is 1. The maximum atomic E-state index is 12.0. The maximum absolute atomic E-state index is 12.0. The fraction of sp³-hybridized carbons (Fsp3) is 0.333. The van der Waals surface area contributed by atoms with Crippen LogP contribution in [0.2, 0.25) is 5.02 Å². The molecule has 0 aliphatic rings. The van der Waals surface area contributed by atoms with Gasteiger partial charge in [0.15, 0.2) is 5.16 Å². The molecule has 118 valence electrons. The number of halogens is 1. The van der Waals surface area contributed by atoms with Gasteiger partial charge in [0.2, 0.25) is 5.91 Å². The van der Waals surface area contributed by atoms with Crippen LogP contribution in [0.4, 0.5) is 0 Å². The number of nitrogens with zero attached hydrogens (tertiary/aromatic N) is 2. The van der Waals surface area contributed by atoms with E-state index in [0.717, 1.165) is 11.3 Å². The summed E-state index contributed by atoms with van der Waals surface area (Å²) in [6.45, 7) is 1.86. The van der Waals surface area contributed by atoms with E-state index in [1.807, 2.05) is 26.1 Å². The summed E-state index contributed by atoms with van der Waals surface area (Å²) in [6.07, 6.45) is 1.61. The van der Waals surface area contributed by atoms with Crippen LogP contribution in [0.25, 0.3) is 0 Å². The van der Waals surface area contributed by atoms with Gasteiger partial charge < -0.3 is 15.0 Å². The van der Waals surface area contributed by atoms with Gasteiger partial charge in [-0.05, 0) is 24.6 Å². The van der Waals surface area contributed by atoms with Gasteiger partial charge in [0, 0.05) is 12.1 Å². The Bertz CT molecular complexity index is 643. The summed E-state index contributed by atoms with van der Waals surface area (Å²) in [5.74, 6) is 0.203. The lowest BCUT2D eigenvalue weighted by Crippen LogP contribution is -2.28. The third-order valence-electron chi connectivity index (χ3n) is 3.28. The fourth-order valence-corrected chi connectivity index (χ4v) is 2.86. The molecule has 2 N–H and O–H groups in total. The van der Waals surface area contributed by atoms with Crippen LogP contribution in [0.15, 0.2) is 35.6 Å². The molecule has 7 heteroatoms. The number of aromatic nitrogens is 2. The average Bonchev–Trinajstić information content (AvgIpc) is 2.86. The third-order valence-corrected chi connectivity index (χ3v) is 4.58. The van der Waals surface area contributed by atoms with E-state index in [0.29, 0.717) is 10.2 Å². The molecule has 0 aliphatic heterocycles. The van der Waals surface area contributed by atoms with Gasteiger partial charge >= 0.3 is 0 Å². The van der Waals surface area contributed by atoms with Gasteiger partial charge in [0.25, 0.3) is 0 Å². The Hall–Kier alpha value is -1.50. The second-order valence-corrected chi connectivity index (χ2v) is 6.26. The topological polar surface area (TPSA) is 67.2 Å². The molecular weight excluding hydrogens is 322 g/mol. The molecule has 1 unspecified atom stereocenters. The Morgan fingerprint density at radius 1 is 1.45 bits per heavy atom. The molecule has 1 amide bonds. The first-order valence-electron chi connectivity index (χ1n) is 6.80. The van der Waals surface area contributed by atoms with Crippen molar-refractivity contribution in [3.8, 4) is 0 Å². The van der Waals surface area contributed by atoms with E-state index in [1.165, 1.54) is 11.8 Å². The van der Waals surface area contributed by atoms with Gasteiger partial charge in [0.1, 0.15) is 0 Å². The highest BCUT2D eigenvalue weighted by Crippen LogP contribution is 2.19. The highest BCUT2D eigenvalue weighted by atomic mass is 35.5. The van der Waals surface area contributed by atoms with E-state index in [2.05, 4.69) is 10.3 Å². The van der Waals surface area contributed by atoms with Crippen molar-refractivity contribution in [1.29, 1.82) is 0 Å². The Morgan fingerprint density at radius 2 is 2.14 bits per heavy atom. The highest BCUT2D eigenvalue weighted by Gasteiger charge is 2.12. The minimum absolute atomic E-state index is 0.0656. The van der Waals surface area contributed by atoms with Crippen LogP contribution in [0.3, 0.4) is 0 Å². The number of thioether (sulfide) groups is 1. The van der Waals surface area contributed by atoms with Gasteiger partial charge in [-0.15, -0.1) is 0 Å². The first-order valence-corrected chi connectivity index (χ1v) is 8.16. The molecule has 1 aromatic carbocycles. The number of aliphatic hydroxyl groups excluding tert-OH is 1. The minimum atomic E-state index is -0.0836. The van der Waals surface area contributed by atoms with Crippen molar-refractivity contribution in [1.82, 2.24) is 14.9 Å². The minimum Gasteiger partial charge on any atom is -0.390 e. The third kappa shape index (κ3) is 4.25. The number of imidazole rings is 1. The van der Waals surface area contributed by atoms with Crippen LogP contribution >= 0.6 is 23.4 Å². The Morgan fingerprint density at radius 3 is 2.73 bits per heavy atom. The van der Waals surface area contributed by atoms with E-state index in [1.54, 1.807) is 22.9 Å². The molecule has 0 spiro atoms. The number of nitrogens with one attached hydrogen (secondary N) is 1. The second-order valence-electron chi connectivity index (χ2n) is 4.88. The van der Waals surface area contributed by atoms with Crippen molar-refractivity contribution in [2.75, 3.05) is 5.75 Å². The molecule has 2 aromatic rings. The zero-order valence-corrected chi connectivity index (χ0v) is 14.0. The van der Waals surface area contributed by atoms with Crippen molar-refractivity contribution in [3.63, 3.8) is 0 Å². The number of hydrogen-bond donors (Lipinski definition) is 2. The van der Waals surface area contributed by atoms with Crippen molar-refractivity contribution in [2.24, 2.45) is 7.05 Å². The summed E-state index contributed by atoms with van der Waals surface area (Å²) in [6, 6.07) is 7.32. The number of carbonyl (C=O) groups excluding carboxylic acids is 1. The molecule has 5 nitrogen and oxygen atoms in total. The van der Waals surface area contributed by atoms with Gasteiger partial charge in [0.05, 0.1) is 30.3 Å². The SMILES string of the molecule is CC(NC(=O)CSc1ncc(CO)n1C)c1ccc(Cl)cc1. The quantitative estimate of drug-likeness (QED) is 0.794. The van der Waals surface area contributed by atoms with Gasteiger partial charge in [-0.1, -0.05) is 35.5 Å². The molecule has 0 fully saturated rings. The standard InChI is InChI=1S/C15H18ClN3O2S/c1-10(11-3-5-12(16)6-4-11)18-14(21)9-22-15-17-7-13(8-20)19(15)2/h3-7,10,20H,8-9H2,1-2H3,(H,18,21). The summed E-state index contributed by atoms with van der Waals surface area (Å²) >= 11 is 7.19. The van der Waals surface area contributed by atoms with Crippen molar-refractivity contribution in [3.05, 3.63) is 46.7 Å². The Balaban J connectivity index is 1.87. The predicted molar refractivity (Wildman–Crippen MR) is 87.9 cm³/mol. The zero-order chi connectivity index (χ0) is 16.1. The Kier molecular flexibility index (Phi) is 5.88. The van der Waals surface area contributed by atoms with E-state index < -0.39 is 0 Å². The van der Waals surface area contributed by atoms with E-state index in [4.69, 9.17) is 16.7 Å². The number of carbonyl (C=O) groups is 1. The first-order chi connectivity index (χ1) is 10.5. The molecule has 0 saturated carbocycles. The molecule has 0 radical (unpaired) electrons. The second kappa shape index (κ2) is 7.67. The molecular formula is C15H18ClN3O2S. The predicted octanol–water partition coefficient (Wildman–Crippen LogP) is 2.54. The zero-order valence-electron chi connectivity index (χ0n) is 12.4. The number of aliphatic hydroxyl groups is 1. The van der Waals surface area contributed by atoms with Crippen molar-refractivity contribution < 1.29 is 9.90 Å². The average molecular weight is 340 g/mol. The maximum Gasteiger partial charge on any atom is 0.230 e. The summed E-state index contributed by atoms with van der Waals surface area (Å²) in [5, 5.41) is 13.4. The monoisotopic (exact) mass is 339 g/mol. The number of benzene rings is 1. The van der Waals surface area contributed by atoms with Crippen LogP contribution in [0, 0.1) is 0 Å². The lowest BCUT2D eigenvalue weighted by Gasteiger charge is -2.14.